The minimum Gasteiger partial charge on any atom is -0.382 e. The van der Waals surface area contributed by atoms with E-state index < -0.39 is 0 Å². The SMILES string of the molecule is COCC1CC2(CCN(C(=O)c3ccnc4ccccc34)CC2)CO1. The molecule has 1 spiro atoms. The Kier molecular flexibility index (Phi) is 4.44. The van der Waals surface area contributed by atoms with Crippen molar-refractivity contribution < 1.29 is 14.3 Å². The van der Waals surface area contributed by atoms with Crippen LogP contribution in [0.2, 0.25) is 0 Å². The van der Waals surface area contributed by atoms with E-state index in [1.807, 2.05) is 35.2 Å². The van der Waals surface area contributed by atoms with Crippen LogP contribution in [0, 0.1) is 5.41 Å². The van der Waals surface area contributed by atoms with E-state index in [0.29, 0.717) is 6.61 Å². The first-order valence-electron chi connectivity index (χ1n) is 8.94. The Balaban J connectivity index is 1.47. The predicted octanol–water partition coefficient (Wildman–Crippen LogP) is 2.89. The van der Waals surface area contributed by atoms with Gasteiger partial charge in [0, 0.05) is 31.8 Å². The number of amides is 1. The summed E-state index contributed by atoms with van der Waals surface area (Å²) in [6.45, 7) is 3.03. The maximum atomic E-state index is 13.0. The normalized spacial score (nSPS) is 22.6. The van der Waals surface area contributed by atoms with E-state index >= 15 is 0 Å². The Morgan fingerprint density at radius 3 is 2.92 bits per heavy atom. The molecule has 2 aliphatic rings. The van der Waals surface area contributed by atoms with Crippen molar-refractivity contribution in [1.29, 1.82) is 0 Å². The molecule has 1 atom stereocenters. The molecule has 3 heterocycles. The van der Waals surface area contributed by atoms with Crippen LogP contribution in [0.1, 0.15) is 29.6 Å². The molecule has 0 radical (unpaired) electrons. The van der Waals surface area contributed by atoms with Crippen molar-refractivity contribution in [2.75, 3.05) is 33.4 Å². The van der Waals surface area contributed by atoms with E-state index in [4.69, 9.17) is 9.47 Å². The van der Waals surface area contributed by atoms with Gasteiger partial charge in [0.05, 0.1) is 30.4 Å². The van der Waals surface area contributed by atoms with Crippen LogP contribution in [-0.4, -0.2) is 55.3 Å². The van der Waals surface area contributed by atoms with Gasteiger partial charge in [0.2, 0.25) is 0 Å². The lowest BCUT2D eigenvalue weighted by atomic mass is 9.76. The smallest absolute Gasteiger partial charge is 0.254 e. The average Bonchev–Trinajstić information content (AvgIpc) is 3.04. The van der Waals surface area contributed by atoms with Crippen molar-refractivity contribution in [1.82, 2.24) is 9.88 Å². The predicted molar refractivity (Wildman–Crippen MR) is 95.5 cm³/mol. The van der Waals surface area contributed by atoms with Crippen LogP contribution in [0.25, 0.3) is 10.9 Å². The van der Waals surface area contributed by atoms with E-state index in [2.05, 4.69) is 4.98 Å². The summed E-state index contributed by atoms with van der Waals surface area (Å²) >= 11 is 0. The van der Waals surface area contributed by atoms with Crippen LogP contribution in [-0.2, 0) is 9.47 Å². The Hall–Kier alpha value is -1.98. The number of aromatic nitrogens is 1. The highest BCUT2D eigenvalue weighted by atomic mass is 16.5. The number of ether oxygens (including phenoxy) is 2. The summed E-state index contributed by atoms with van der Waals surface area (Å²) in [4.78, 5) is 19.4. The summed E-state index contributed by atoms with van der Waals surface area (Å²) in [7, 11) is 1.72. The number of para-hydroxylation sites is 1. The van der Waals surface area contributed by atoms with Crippen LogP contribution in [0.15, 0.2) is 36.5 Å². The van der Waals surface area contributed by atoms with Crippen LogP contribution >= 0.6 is 0 Å². The molecule has 0 N–H and O–H groups in total. The number of benzene rings is 1. The zero-order valence-corrected chi connectivity index (χ0v) is 14.6. The van der Waals surface area contributed by atoms with Gasteiger partial charge < -0.3 is 14.4 Å². The summed E-state index contributed by atoms with van der Waals surface area (Å²) in [6.07, 6.45) is 4.97. The molecule has 0 aliphatic carbocycles. The van der Waals surface area contributed by atoms with E-state index in [9.17, 15) is 4.79 Å². The van der Waals surface area contributed by atoms with E-state index in [0.717, 1.165) is 55.4 Å². The number of nitrogens with zero attached hydrogens (tertiary/aromatic N) is 2. The van der Waals surface area contributed by atoms with Crippen molar-refractivity contribution >= 4 is 16.8 Å². The Morgan fingerprint density at radius 1 is 1.32 bits per heavy atom. The molecule has 5 nitrogen and oxygen atoms in total. The molecule has 2 fully saturated rings. The minimum atomic E-state index is 0.112. The number of piperidine rings is 1. The second-order valence-electron chi connectivity index (χ2n) is 7.26. The summed E-state index contributed by atoms with van der Waals surface area (Å²) in [5.41, 5.74) is 1.84. The van der Waals surface area contributed by atoms with E-state index in [1.165, 1.54) is 0 Å². The molecular weight excluding hydrogens is 316 g/mol. The molecule has 4 rings (SSSR count). The lowest BCUT2D eigenvalue weighted by molar-refractivity contribution is 0.0281. The highest BCUT2D eigenvalue weighted by Gasteiger charge is 2.43. The number of hydrogen-bond acceptors (Lipinski definition) is 4. The molecule has 5 heteroatoms. The summed E-state index contributed by atoms with van der Waals surface area (Å²) in [5, 5.41) is 0.930. The van der Waals surface area contributed by atoms with Crippen molar-refractivity contribution in [2.24, 2.45) is 5.41 Å². The lowest BCUT2D eigenvalue weighted by Crippen LogP contribution is -2.43. The monoisotopic (exact) mass is 340 g/mol. The van der Waals surface area contributed by atoms with Crippen molar-refractivity contribution in [3.8, 4) is 0 Å². The van der Waals surface area contributed by atoms with Crippen LogP contribution < -0.4 is 0 Å². The highest BCUT2D eigenvalue weighted by molar-refractivity contribution is 6.05. The first kappa shape index (κ1) is 16.5. The molecular formula is C20H24N2O3. The molecule has 2 aromatic rings. The number of methoxy groups -OCH3 is 1. The van der Waals surface area contributed by atoms with Crippen LogP contribution in [0.5, 0.6) is 0 Å². The second kappa shape index (κ2) is 6.73. The third kappa shape index (κ3) is 3.14. The topological polar surface area (TPSA) is 51.7 Å². The Bertz CT molecular complexity index is 763. The number of pyridine rings is 1. The fraction of sp³-hybridized carbons (Fsp3) is 0.500. The molecule has 1 amide bonds. The molecule has 2 aliphatic heterocycles. The molecule has 2 saturated heterocycles. The van der Waals surface area contributed by atoms with Gasteiger partial charge in [0.25, 0.3) is 5.91 Å². The molecule has 132 valence electrons. The Labute approximate surface area is 147 Å². The quantitative estimate of drug-likeness (QED) is 0.862. The number of hydrogen-bond donors (Lipinski definition) is 0. The first-order chi connectivity index (χ1) is 12.2. The van der Waals surface area contributed by atoms with Gasteiger partial charge in [0.1, 0.15) is 0 Å². The van der Waals surface area contributed by atoms with Gasteiger partial charge in [-0.3, -0.25) is 9.78 Å². The zero-order chi connectivity index (χ0) is 17.3. The average molecular weight is 340 g/mol. The third-order valence-electron chi connectivity index (χ3n) is 5.63. The van der Waals surface area contributed by atoms with Gasteiger partial charge in [-0.1, -0.05) is 18.2 Å². The van der Waals surface area contributed by atoms with Crippen molar-refractivity contribution in [3.05, 3.63) is 42.1 Å². The third-order valence-corrected chi connectivity index (χ3v) is 5.63. The van der Waals surface area contributed by atoms with Gasteiger partial charge >= 0.3 is 0 Å². The minimum absolute atomic E-state index is 0.112. The van der Waals surface area contributed by atoms with Gasteiger partial charge in [-0.25, -0.2) is 0 Å². The number of rotatable bonds is 3. The summed E-state index contributed by atoms with van der Waals surface area (Å²) in [5.74, 6) is 0.112. The fourth-order valence-electron chi connectivity index (χ4n) is 4.17. The Morgan fingerprint density at radius 2 is 2.12 bits per heavy atom. The zero-order valence-electron chi connectivity index (χ0n) is 14.6. The largest absolute Gasteiger partial charge is 0.382 e. The molecule has 1 aromatic carbocycles. The second-order valence-corrected chi connectivity index (χ2v) is 7.26. The van der Waals surface area contributed by atoms with E-state index in [1.54, 1.807) is 13.3 Å². The maximum absolute atomic E-state index is 13.0. The van der Waals surface area contributed by atoms with Gasteiger partial charge in [0.15, 0.2) is 0 Å². The molecule has 0 saturated carbocycles. The van der Waals surface area contributed by atoms with Crippen LogP contribution in [0.4, 0.5) is 0 Å². The number of likely N-dealkylation sites (tertiary alicyclic amines) is 1. The maximum Gasteiger partial charge on any atom is 0.254 e. The number of fused-ring (bicyclic) bond motifs is 1. The summed E-state index contributed by atoms with van der Waals surface area (Å²) < 4.78 is 11.1. The molecule has 1 unspecified atom stereocenters. The summed E-state index contributed by atoms with van der Waals surface area (Å²) in [6, 6.07) is 9.66. The van der Waals surface area contributed by atoms with Crippen molar-refractivity contribution in [3.63, 3.8) is 0 Å². The highest BCUT2D eigenvalue weighted by Crippen LogP contribution is 2.42. The molecule has 1 aromatic heterocycles. The number of carbonyl (C=O) groups excluding carboxylic acids is 1. The van der Waals surface area contributed by atoms with Gasteiger partial charge in [-0.05, 0) is 36.8 Å². The first-order valence-corrected chi connectivity index (χ1v) is 8.94. The standard InChI is InChI=1S/C20H24N2O3/c1-24-13-15-12-20(14-25-15)7-10-22(11-8-20)19(23)17-6-9-21-18-5-3-2-4-16(17)18/h2-6,9,15H,7-8,10-14H2,1H3. The fourth-order valence-corrected chi connectivity index (χ4v) is 4.17. The van der Waals surface area contributed by atoms with Crippen molar-refractivity contribution in [2.45, 2.75) is 25.4 Å². The van der Waals surface area contributed by atoms with Crippen LogP contribution in [0.3, 0.4) is 0 Å². The lowest BCUT2D eigenvalue weighted by Gasteiger charge is -2.38. The van der Waals surface area contributed by atoms with Gasteiger partial charge in [-0.2, -0.15) is 0 Å². The van der Waals surface area contributed by atoms with E-state index in [-0.39, 0.29) is 17.4 Å². The molecule has 0 bridgehead atoms. The number of carbonyl (C=O) groups is 1. The molecule has 25 heavy (non-hydrogen) atoms. The van der Waals surface area contributed by atoms with Gasteiger partial charge in [-0.15, -0.1) is 0 Å².